The number of thiophene rings is 1. The van der Waals surface area contributed by atoms with Crippen molar-refractivity contribution in [2.45, 2.75) is 38.5 Å². The van der Waals surface area contributed by atoms with Gasteiger partial charge in [0.05, 0.1) is 19.0 Å². The van der Waals surface area contributed by atoms with E-state index < -0.39 is 0 Å². The van der Waals surface area contributed by atoms with Crippen LogP contribution in [0.1, 0.15) is 49.9 Å². The van der Waals surface area contributed by atoms with E-state index in [1.165, 1.54) is 44.5 Å². The van der Waals surface area contributed by atoms with Gasteiger partial charge in [0, 0.05) is 22.0 Å². The molecule has 0 bridgehead atoms. The molecular weight excluding hydrogens is 652 g/mol. The summed E-state index contributed by atoms with van der Waals surface area (Å²) >= 11 is 9.12. The summed E-state index contributed by atoms with van der Waals surface area (Å²) < 4.78 is 1.97. The Morgan fingerprint density at radius 2 is 0.902 bits per heavy atom. The number of rotatable bonds is 2. The largest absolute Gasteiger partial charge is 0.242 e. The molecule has 5 heteroatoms. The monoisotopic (exact) mass is 676 g/mol. The summed E-state index contributed by atoms with van der Waals surface area (Å²) in [6.07, 6.45) is 0. The van der Waals surface area contributed by atoms with Crippen LogP contribution in [0, 0.1) is 0 Å². The molecule has 0 fully saturated rings. The van der Waals surface area contributed by atoms with Crippen LogP contribution in [0.5, 0.6) is 0 Å². The van der Waals surface area contributed by atoms with Crippen molar-refractivity contribution < 1.29 is 0 Å². The molecule has 0 N–H and O–H groups in total. The molecule has 0 saturated heterocycles. The summed E-state index contributed by atoms with van der Waals surface area (Å²) in [6.45, 7) is 9.29. The van der Waals surface area contributed by atoms with Gasteiger partial charge in [-0.1, -0.05) is 100 Å². The third-order valence-electron chi connectivity index (χ3n) is 9.16. The highest BCUT2D eigenvalue weighted by Crippen LogP contribution is 2.52. The van der Waals surface area contributed by atoms with Crippen LogP contribution in [-0.4, -0.2) is 9.97 Å². The van der Waals surface area contributed by atoms with Crippen molar-refractivity contribution >= 4 is 54.2 Å². The predicted molar refractivity (Wildman–Crippen MR) is 179 cm³/mol. The SMILES string of the molecule is CC1(C)c2ccccc2-c2ccc(-c3nc4c(Br)sc(Br)c4nc3-c3ccc4c(c3)C(C)(C)c3ccccc3-4)cc21. The normalized spacial score (nSPS) is 15.5. The molecule has 6 aromatic rings. The summed E-state index contributed by atoms with van der Waals surface area (Å²) in [5.74, 6) is 0. The second-order valence-electron chi connectivity index (χ2n) is 12.1. The molecule has 2 aliphatic carbocycles. The maximum absolute atomic E-state index is 5.30. The lowest BCUT2D eigenvalue weighted by molar-refractivity contribution is 0.660. The lowest BCUT2D eigenvalue weighted by atomic mass is 9.81. The molecule has 0 atom stereocenters. The van der Waals surface area contributed by atoms with E-state index >= 15 is 0 Å². The van der Waals surface area contributed by atoms with Gasteiger partial charge in [-0.05, 0) is 88.5 Å². The fourth-order valence-corrected chi connectivity index (χ4v) is 9.80. The first-order chi connectivity index (χ1) is 19.7. The minimum absolute atomic E-state index is 0.0883. The molecule has 200 valence electrons. The van der Waals surface area contributed by atoms with E-state index in [0.29, 0.717) is 0 Å². The summed E-state index contributed by atoms with van der Waals surface area (Å²) in [5.41, 5.74) is 16.3. The van der Waals surface area contributed by atoms with Crippen molar-refractivity contribution in [1.82, 2.24) is 9.97 Å². The van der Waals surface area contributed by atoms with Crippen molar-refractivity contribution in [3.8, 4) is 44.8 Å². The zero-order valence-electron chi connectivity index (χ0n) is 23.1. The van der Waals surface area contributed by atoms with Gasteiger partial charge < -0.3 is 0 Å². The van der Waals surface area contributed by atoms with Gasteiger partial charge in [0.15, 0.2) is 0 Å². The van der Waals surface area contributed by atoms with E-state index in [0.717, 1.165) is 41.1 Å². The van der Waals surface area contributed by atoms with Crippen LogP contribution in [0.25, 0.3) is 55.8 Å². The van der Waals surface area contributed by atoms with Crippen LogP contribution in [0.4, 0.5) is 0 Å². The van der Waals surface area contributed by atoms with Crippen LogP contribution in [0.3, 0.4) is 0 Å². The van der Waals surface area contributed by atoms with Gasteiger partial charge in [-0.3, -0.25) is 0 Å². The standard InChI is InChI=1S/C36H26Br2N2S/c1-35(2)25-11-7-5-9-21(25)23-15-13-19(17-27(23)35)29-30(40-32-31(39-29)33(37)41-34(32)38)20-14-16-24-22-10-6-8-12-26(22)36(3,4)28(24)18-20/h5-18H,1-4H3. The average Bonchev–Trinajstić information content (AvgIpc) is 3.49. The molecule has 0 aliphatic heterocycles. The van der Waals surface area contributed by atoms with Gasteiger partial charge in [0.1, 0.15) is 11.0 Å². The topological polar surface area (TPSA) is 25.8 Å². The Labute approximate surface area is 260 Å². The van der Waals surface area contributed by atoms with Crippen molar-refractivity contribution in [1.29, 1.82) is 0 Å². The summed E-state index contributed by atoms with van der Waals surface area (Å²) in [5, 5.41) is 0. The van der Waals surface area contributed by atoms with Crippen LogP contribution in [0.2, 0.25) is 0 Å². The summed E-state index contributed by atoms with van der Waals surface area (Å²) in [4.78, 5) is 10.6. The maximum Gasteiger partial charge on any atom is 0.116 e. The molecule has 8 rings (SSSR count). The van der Waals surface area contributed by atoms with Crippen LogP contribution in [0.15, 0.2) is 92.5 Å². The lowest BCUT2D eigenvalue weighted by Gasteiger charge is -2.23. The molecular formula is C36H26Br2N2S. The predicted octanol–water partition coefficient (Wildman–Crippen LogP) is 11.2. The number of fused-ring (bicyclic) bond motifs is 7. The molecule has 0 saturated carbocycles. The van der Waals surface area contributed by atoms with Gasteiger partial charge in [0.2, 0.25) is 0 Å². The highest BCUT2D eigenvalue weighted by molar-refractivity contribution is 9.12. The second-order valence-corrected chi connectivity index (χ2v) is 15.8. The van der Waals surface area contributed by atoms with Gasteiger partial charge in [-0.15, -0.1) is 11.3 Å². The van der Waals surface area contributed by atoms with Crippen LogP contribution < -0.4 is 0 Å². The molecule has 2 aromatic heterocycles. The Morgan fingerprint density at radius 1 is 0.512 bits per heavy atom. The third kappa shape index (κ3) is 3.52. The number of aromatic nitrogens is 2. The molecule has 4 aromatic carbocycles. The zero-order valence-corrected chi connectivity index (χ0v) is 27.1. The average molecular weight is 678 g/mol. The highest BCUT2D eigenvalue weighted by atomic mass is 79.9. The van der Waals surface area contributed by atoms with Gasteiger partial charge in [0.25, 0.3) is 0 Å². The summed E-state index contributed by atoms with van der Waals surface area (Å²) in [7, 11) is 0. The number of nitrogens with zero attached hydrogens (tertiary/aromatic N) is 2. The maximum atomic E-state index is 5.30. The number of hydrogen-bond acceptors (Lipinski definition) is 3. The molecule has 2 aliphatic rings. The number of hydrogen-bond donors (Lipinski definition) is 0. The quantitative estimate of drug-likeness (QED) is 0.182. The first-order valence-electron chi connectivity index (χ1n) is 13.8. The van der Waals surface area contributed by atoms with Crippen molar-refractivity contribution in [3.05, 3.63) is 115 Å². The second kappa shape index (κ2) is 8.70. The highest BCUT2D eigenvalue weighted by Gasteiger charge is 2.37. The summed E-state index contributed by atoms with van der Waals surface area (Å²) in [6, 6.07) is 31.2. The molecule has 0 unspecified atom stereocenters. The van der Waals surface area contributed by atoms with E-state index in [1.54, 1.807) is 11.3 Å². The van der Waals surface area contributed by atoms with Gasteiger partial charge in [-0.2, -0.15) is 0 Å². The van der Waals surface area contributed by atoms with Gasteiger partial charge >= 0.3 is 0 Å². The first kappa shape index (κ1) is 25.6. The fourth-order valence-electron chi connectivity index (χ4n) is 6.99. The zero-order chi connectivity index (χ0) is 28.3. The smallest absolute Gasteiger partial charge is 0.116 e. The number of halogens is 2. The van der Waals surface area contributed by atoms with E-state index in [-0.39, 0.29) is 10.8 Å². The van der Waals surface area contributed by atoms with E-state index in [9.17, 15) is 0 Å². The Morgan fingerprint density at radius 3 is 1.34 bits per heavy atom. The van der Waals surface area contributed by atoms with Gasteiger partial charge in [-0.25, -0.2) is 9.97 Å². The first-order valence-corrected chi connectivity index (χ1v) is 16.2. The van der Waals surface area contributed by atoms with E-state index in [2.05, 4.69) is 144 Å². The van der Waals surface area contributed by atoms with E-state index in [4.69, 9.17) is 9.97 Å². The molecule has 0 spiro atoms. The fraction of sp³-hybridized carbons (Fsp3) is 0.167. The van der Waals surface area contributed by atoms with E-state index in [1.807, 2.05) is 0 Å². The third-order valence-corrected chi connectivity index (χ3v) is 11.6. The molecule has 41 heavy (non-hydrogen) atoms. The van der Waals surface area contributed by atoms with Crippen molar-refractivity contribution in [3.63, 3.8) is 0 Å². The van der Waals surface area contributed by atoms with Crippen molar-refractivity contribution in [2.75, 3.05) is 0 Å². The van der Waals surface area contributed by atoms with Crippen LogP contribution >= 0.6 is 43.2 Å². The Balaban J connectivity index is 1.37. The molecule has 2 nitrogen and oxygen atoms in total. The molecule has 2 heterocycles. The Hall–Kier alpha value is -3.12. The molecule has 0 radical (unpaired) electrons. The lowest BCUT2D eigenvalue weighted by Crippen LogP contribution is -2.15. The minimum atomic E-state index is -0.0883. The Bertz CT molecular complexity index is 1940. The minimum Gasteiger partial charge on any atom is -0.242 e. The van der Waals surface area contributed by atoms with Crippen LogP contribution in [-0.2, 0) is 10.8 Å². The molecule has 0 amide bonds. The Kier molecular flexibility index (Phi) is 5.43. The number of benzene rings is 4. The van der Waals surface area contributed by atoms with Crippen molar-refractivity contribution in [2.24, 2.45) is 0 Å².